The largest absolute Gasteiger partial charge is 0.313 e. The van der Waals surface area contributed by atoms with E-state index >= 15 is 0 Å². The molecule has 0 heterocycles. The van der Waals surface area contributed by atoms with Gasteiger partial charge in [0.2, 0.25) is 0 Å². The van der Waals surface area contributed by atoms with Crippen molar-refractivity contribution in [2.45, 2.75) is 37.0 Å². The van der Waals surface area contributed by atoms with Gasteiger partial charge in [0.1, 0.15) is 0 Å². The van der Waals surface area contributed by atoms with Gasteiger partial charge in [0.05, 0.1) is 21.0 Å². The Kier molecular flexibility index (Phi) is 5.43. The third-order valence-corrected chi connectivity index (χ3v) is 4.67. The van der Waals surface area contributed by atoms with E-state index in [0.717, 1.165) is 6.54 Å². The average Bonchev–Trinajstić information content (AvgIpc) is 2.37. The maximum absolute atomic E-state index is 12.2. The van der Waals surface area contributed by atoms with Crippen LogP contribution in [0.5, 0.6) is 0 Å². The van der Waals surface area contributed by atoms with Gasteiger partial charge in [-0.05, 0) is 32.5 Å². The molecule has 1 aromatic rings. The van der Waals surface area contributed by atoms with E-state index in [1.165, 1.54) is 12.1 Å². The van der Waals surface area contributed by atoms with Crippen molar-refractivity contribution in [3.8, 4) is 0 Å². The monoisotopic (exact) mass is 270 g/mol. The highest BCUT2D eigenvalue weighted by atomic mass is 32.2. The summed E-state index contributed by atoms with van der Waals surface area (Å²) in [7, 11) is -1.17. The van der Waals surface area contributed by atoms with Gasteiger partial charge in [-0.3, -0.25) is 14.3 Å². The molecule has 1 N–H and O–H groups in total. The number of nitro groups is 1. The predicted octanol–water partition coefficient (Wildman–Crippen LogP) is 2.09. The molecule has 5 nitrogen and oxygen atoms in total. The summed E-state index contributed by atoms with van der Waals surface area (Å²) in [6.45, 7) is 6.71. The van der Waals surface area contributed by atoms with Crippen LogP contribution in [-0.4, -0.2) is 27.0 Å². The molecule has 0 saturated carbocycles. The molecule has 18 heavy (non-hydrogen) atoms. The van der Waals surface area contributed by atoms with Gasteiger partial charge in [0.25, 0.3) is 5.69 Å². The number of nitrogens with one attached hydrogen (secondary N) is 1. The van der Waals surface area contributed by atoms with E-state index < -0.39 is 15.7 Å². The quantitative estimate of drug-likeness (QED) is 0.634. The summed E-state index contributed by atoms with van der Waals surface area (Å²) in [5.41, 5.74) is 0.0168. The van der Waals surface area contributed by atoms with Crippen molar-refractivity contribution in [2.24, 2.45) is 0 Å². The third-order valence-electron chi connectivity index (χ3n) is 2.85. The zero-order valence-electron chi connectivity index (χ0n) is 10.8. The second-order valence-electron chi connectivity index (χ2n) is 4.10. The van der Waals surface area contributed by atoms with E-state index in [0.29, 0.717) is 4.90 Å². The highest BCUT2D eigenvalue weighted by Crippen LogP contribution is 2.18. The van der Waals surface area contributed by atoms with E-state index in [4.69, 9.17) is 0 Å². The fourth-order valence-electron chi connectivity index (χ4n) is 1.59. The lowest BCUT2D eigenvalue weighted by Crippen LogP contribution is -2.37. The molecule has 0 bridgehead atoms. The van der Waals surface area contributed by atoms with E-state index in [1.807, 2.05) is 20.8 Å². The van der Waals surface area contributed by atoms with Crippen molar-refractivity contribution in [2.75, 3.05) is 6.54 Å². The molecule has 3 unspecified atom stereocenters. The Labute approximate surface area is 109 Å². The smallest absolute Gasteiger partial charge is 0.269 e. The lowest BCUT2D eigenvalue weighted by Gasteiger charge is -2.20. The molecule has 0 aliphatic rings. The van der Waals surface area contributed by atoms with Crippen LogP contribution in [0.1, 0.15) is 20.8 Å². The van der Waals surface area contributed by atoms with Crippen LogP contribution in [0.2, 0.25) is 0 Å². The number of non-ortho nitro benzene ring substituents is 1. The van der Waals surface area contributed by atoms with Crippen LogP contribution >= 0.6 is 0 Å². The van der Waals surface area contributed by atoms with E-state index in [9.17, 15) is 14.3 Å². The minimum Gasteiger partial charge on any atom is -0.313 e. The van der Waals surface area contributed by atoms with Gasteiger partial charge < -0.3 is 5.32 Å². The van der Waals surface area contributed by atoms with Gasteiger partial charge in [-0.2, -0.15) is 0 Å². The molecule has 0 amide bonds. The van der Waals surface area contributed by atoms with Crippen LogP contribution < -0.4 is 5.32 Å². The second-order valence-corrected chi connectivity index (χ2v) is 5.91. The minimum absolute atomic E-state index is 0.0168. The number of nitrogens with zero attached hydrogens (tertiary/aromatic N) is 1. The first-order valence-corrected chi connectivity index (χ1v) is 7.07. The summed E-state index contributed by atoms with van der Waals surface area (Å²) in [6.07, 6.45) is 0. The van der Waals surface area contributed by atoms with Crippen molar-refractivity contribution in [3.05, 3.63) is 34.4 Å². The second kappa shape index (κ2) is 6.61. The lowest BCUT2D eigenvalue weighted by atomic mass is 10.2. The van der Waals surface area contributed by atoms with Gasteiger partial charge in [-0.25, -0.2) is 0 Å². The molecule has 1 aromatic carbocycles. The first kappa shape index (κ1) is 14.8. The molecule has 0 aliphatic heterocycles. The minimum atomic E-state index is -1.17. The zero-order chi connectivity index (χ0) is 13.7. The van der Waals surface area contributed by atoms with Crippen molar-refractivity contribution in [1.29, 1.82) is 0 Å². The highest BCUT2D eigenvalue weighted by molar-refractivity contribution is 7.85. The van der Waals surface area contributed by atoms with Crippen molar-refractivity contribution < 1.29 is 9.13 Å². The molecule has 0 aliphatic carbocycles. The zero-order valence-corrected chi connectivity index (χ0v) is 11.6. The topological polar surface area (TPSA) is 72.2 Å². The van der Waals surface area contributed by atoms with Crippen LogP contribution in [-0.2, 0) is 10.8 Å². The molecule has 100 valence electrons. The van der Waals surface area contributed by atoms with Crippen LogP contribution in [0, 0.1) is 10.1 Å². The molecule has 0 saturated heterocycles. The predicted molar refractivity (Wildman–Crippen MR) is 72.1 cm³/mol. The maximum atomic E-state index is 12.2. The lowest BCUT2D eigenvalue weighted by molar-refractivity contribution is -0.384. The van der Waals surface area contributed by atoms with Gasteiger partial charge in [0.15, 0.2) is 0 Å². The van der Waals surface area contributed by atoms with Gasteiger partial charge in [-0.1, -0.05) is 6.92 Å². The van der Waals surface area contributed by atoms with Crippen LogP contribution in [0.25, 0.3) is 0 Å². The highest BCUT2D eigenvalue weighted by Gasteiger charge is 2.20. The molecule has 6 heteroatoms. The average molecular weight is 270 g/mol. The molecule has 0 aromatic heterocycles. The number of hydrogen-bond acceptors (Lipinski definition) is 4. The van der Waals surface area contributed by atoms with Crippen LogP contribution in [0.4, 0.5) is 5.69 Å². The summed E-state index contributed by atoms with van der Waals surface area (Å²) in [6, 6.07) is 6.02. The number of benzene rings is 1. The Balaban J connectivity index is 2.80. The molecular formula is C12H18N2O3S. The standard InChI is InChI=1S/C12H18N2O3S/c1-4-13-9(2)10(3)18(17)12-7-5-11(6-8-12)14(15)16/h5-10,13H,4H2,1-3H3. The Morgan fingerprint density at radius 1 is 1.33 bits per heavy atom. The first-order chi connectivity index (χ1) is 8.47. The molecule has 0 fully saturated rings. The Hall–Kier alpha value is -1.27. The number of rotatable bonds is 6. The summed E-state index contributed by atoms with van der Waals surface area (Å²) in [5.74, 6) is 0. The fraction of sp³-hybridized carbons (Fsp3) is 0.500. The van der Waals surface area contributed by atoms with E-state index in [2.05, 4.69) is 5.32 Å². The maximum Gasteiger partial charge on any atom is 0.269 e. The molecule has 0 radical (unpaired) electrons. The Morgan fingerprint density at radius 3 is 2.33 bits per heavy atom. The van der Waals surface area contributed by atoms with Gasteiger partial charge >= 0.3 is 0 Å². The summed E-state index contributed by atoms with van der Waals surface area (Å²) < 4.78 is 12.2. The Bertz CT molecular complexity index is 433. The van der Waals surface area contributed by atoms with E-state index in [1.54, 1.807) is 12.1 Å². The van der Waals surface area contributed by atoms with E-state index in [-0.39, 0.29) is 17.0 Å². The molecule has 1 rings (SSSR count). The molecular weight excluding hydrogens is 252 g/mol. The first-order valence-electron chi connectivity index (χ1n) is 5.85. The normalized spacial score (nSPS) is 15.9. The third kappa shape index (κ3) is 3.61. The summed E-state index contributed by atoms with van der Waals surface area (Å²) >= 11 is 0. The SMILES string of the molecule is CCNC(C)C(C)S(=O)c1ccc([N+](=O)[O-])cc1. The summed E-state index contributed by atoms with van der Waals surface area (Å²) in [4.78, 5) is 10.7. The summed E-state index contributed by atoms with van der Waals surface area (Å²) in [5, 5.41) is 13.7. The van der Waals surface area contributed by atoms with Crippen molar-refractivity contribution in [3.63, 3.8) is 0 Å². The van der Waals surface area contributed by atoms with Crippen LogP contribution in [0.3, 0.4) is 0 Å². The van der Waals surface area contributed by atoms with Gasteiger partial charge in [0, 0.05) is 23.1 Å². The molecule has 3 atom stereocenters. The fourth-order valence-corrected chi connectivity index (χ4v) is 2.89. The van der Waals surface area contributed by atoms with Crippen molar-refractivity contribution >= 4 is 16.5 Å². The number of nitro benzene ring substituents is 1. The van der Waals surface area contributed by atoms with Crippen molar-refractivity contribution in [1.82, 2.24) is 5.32 Å². The van der Waals surface area contributed by atoms with Gasteiger partial charge in [-0.15, -0.1) is 0 Å². The Morgan fingerprint density at radius 2 is 1.89 bits per heavy atom. The number of hydrogen-bond donors (Lipinski definition) is 1. The van der Waals surface area contributed by atoms with Crippen LogP contribution in [0.15, 0.2) is 29.2 Å². The molecule has 0 spiro atoms.